The molecule has 1 aromatic heterocycles. The van der Waals surface area contributed by atoms with Crippen LogP contribution in [-0.2, 0) is 36.8 Å². The lowest BCUT2D eigenvalue weighted by Gasteiger charge is -2.42. The molecule has 0 saturated carbocycles. The Morgan fingerprint density at radius 2 is 1.95 bits per heavy atom. The maximum absolute atomic E-state index is 12.5. The van der Waals surface area contributed by atoms with Crippen LogP contribution in [0.4, 0.5) is 0 Å². The molecule has 1 amide bonds. The number of phosphoric ester groups is 2. The van der Waals surface area contributed by atoms with Crippen molar-refractivity contribution >= 4 is 21.6 Å². The number of H-pyrrole nitrogens is 1. The Morgan fingerprint density at radius 1 is 1.25 bits per heavy atom. The van der Waals surface area contributed by atoms with Gasteiger partial charge in [0.05, 0.1) is 25.4 Å². The normalized spacial score (nSPS) is 33.4. The molecule has 0 spiro atoms. The van der Waals surface area contributed by atoms with Crippen molar-refractivity contribution in [1.82, 2.24) is 14.9 Å². The highest BCUT2D eigenvalue weighted by atomic mass is 31.3. The summed E-state index contributed by atoms with van der Waals surface area (Å²) < 4.78 is 50.2. The van der Waals surface area contributed by atoms with Gasteiger partial charge in [0, 0.05) is 30.5 Å². The Bertz CT molecular complexity index is 1330. The van der Waals surface area contributed by atoms with Crippen LogP contribution in [-0.4, -0.2) is 96.6 Å². The first-order valence-corrected chi connectivity index (χ1v) is 14.3. The molecule has 1 aromatic rings. The Balaban J connectivity index is 1.68. The number of hydrogen-bond donors (Lipinski definition) is 7. The predicted octanol–water partition coefficient (Wildman–Crippen LogP) is -2.30. The molecule has 2 unspecified atom stereocenters. The molecule has 3 rings (SSSR count). The van der Waals surface area contributed by atoms with E-state index in [-0.39, 0.29) is 6.42 Å². The zero-order valence-electron chi connectivity index (χ0n) is 20.4. The van der Waals surface area contributed by atoms with Gasteiger partial charge in [-0.3, -0.25) is 28.2 Å². The van der Waals surface area contributed by atoms with Crippen LogP contribution in [0.1, 0.15) is 19.6 Å². The van der Waals surface area contributed by atoms with Crippen LogP contribution in [0.3, 0.4) is 0 Å². The third-order valence-corrected chi connectivity index (χ3v) is 8.26. The lowest BCUT2D eigenvalue weighted by Crippen LogP contribution is -2.64. The third-order valence-electron chi connectivity index (χ3n) is 5.66. The SMILES string of the molecule is CC(=O)N[C@H]1[C@H](OP(=O)(O)OP(=O)(O)OC[C@H]2O[C@@H](n3ccc(=O)[nH]c3=O)C[C@@H]2N=[N+]=[N-])O[C@H](CO)[C@@H](O)[C@@H]1O. The highest BCUT2D eigenvalue weighted by Gasteiger charge is 2.49. The number of hydrogen-bond acceptors (Lipinski definition) is 14. The van der Waals surface area contributed by atoms with Gasteiger partial charge in [-0.15, -0.1) is 0 Å². The maximum atomic E-state index is 12.5. The van der Waals surface area contributed by atoms with Crippen LogP contribution in [0, 0.1) is 0 Å². The Morgan fingerprint density at radius 3 is 2.55 bits per heavy atom. The lowest BCUT2D eigenvalue weighted by atomic mass is 9.97. The highest BCUT2D eigenvalue weighted by molar-refractivity contribution is 7.61. The second-order valence-corrected chi connectivity index (χ2v) is 11.5. The van der Waals surface area contributed by atoms with E-state index in [9.17, 15) is 48.6 Å². The van der Waals surface area contributed by atoms with E-state index in [0.29, 0.717) is 0 Å². The Hall–Kier alpha value is -2.48. The van der Waals surface area contributed by atoms with Gasteiger partial charge in [0.1, 0.15) is 30.6 Å². The first-order valence-electron chi connectivity index (χ1n) is 11.3. The molecular weight excluding hydrogens is 590 g/mol. The number of phosphoric acid groups is 2. The average molecular weight is 616 g/mol. The van der Waals surface area contributed by atoms with Crippen molar-refractivity contribution < 1.29 is 61.9 Å². The molecule has 0 radical (unpaired) electrons. The minimum absolute atomic E-state index is 0.119. The minimum Gasteiger partial charge on any atom is -0.394 e. The summed E-state index contributed by atoms with van der Waals surface area (Å²) in [5.74, 6) is -0.783. The van der Waals surface area contributed by atoms with E-state index in [1.807, 2.05) is 4.98 Å². The molecule has 21 nitrogen and oxygen atoms in total. The quantitative estimate of drug-likeness (QED) is 0.0595. The molecular formula is C17H26N6O15P2. The van der Waals surface area contributed by atoms with Crippen molar-refractivity contribution in [2.24, 2.45) is 5.11 Å². The number of aliphatic hydroxyl groups excluding tert-OH is 3. The zero-order chi connectivity index (χ0) is 29.8. The number of nitrogens with zero attached hydrogens (tertiary/aromatic N) is 4. The van der Waals surface area contributed by atoms with Gasteiger partial charge in [0.25, 0.3) is 5.56 Å². The molecule has 3 heterocycles. The molecule has 0 bridgehead atoms. The second-order valence-electron chi connectivity index (χ2n) is 8.51. The van der Waals surface area contributed by atoms with E-state index >= 15 is 0 Å². The first-order chi connectivity index (χ1) is 18.7. The van der Waals surface area contributed by atoms with Crippen LogP contribution in [0.15, 0.2) is 27.0 Å². The van der Waals surface area contributed by atoms with Crippen LogP contribution >= 0.6 is 15.6 Å². The number of rotatable bonds is 11. The number of nitrogens with one attached hydrogen (secondary N) is 2. The monoisotopic (exact) mass is 616 g/mol. The summed E-state index contributed by atoms with van der Waals surface area (Å²) in [5.41, 5.74) is 7.29. The summed E-state index contributed by atoms with van der Waals surface area (Å²) in [5, 5.41) is 35.1. The molecule has 2 saturated heterocycles. The van der Waals surface area contributed by atoms with Crippen molar-refractivity contribution in [1.29, 1.82) is 0 Å². The third kappa shape index (κ3) is 8.05. The molecule has 7 N–H and O–H groups in total. The summed E-state index contributed by atoms with van der Waals surface area (Å²) in [6.45, 7) is -0.743. The average Bonchev–Trinajstić information content (AvgIpc) is 3.24. The molecule has 0 aromatic carbocycles. The lowest BCUT2D eigenvalue weighted by molar-refractivity contribution is -0.247. The summed E-state index contributed by atoms with van der Waals surface area (Å²) in [7, 11) is -11.1. The molecule has 2 fully saturated rings. The number of amides is 1. The Kier molecular flexibility index (Phi) is 10.4. The summed E-state index contributed by atoms with van der Waals surface area (Å²) in [4.78, 5) is 59.5. The van der Waals surface area contributed by atoms with Crippen molar-refractivity contribution in [3.05, 3.63) is 43.5 Å². The number of carbonyl (C=O) groups excluding carboxylic acids is 1. The van der Waals surface area contributed by atoms with Crippen molar-refractivity contribution in [3.8, 4) is 0 Å². The van der Waals surface area contributed by atoms with E-state index in [4.69, 9.17) is 24.1 Å². The fraction of sp³-hybridized carbons (Fsp3) is 0.706. The van der Waals surface area contributed by atoms with Crippen LogP contribution in [0.25, 0.3) is 10.4 Å². The van der Waals surface area contributed by atoms with Crippen molar-refractivity contribution in [3.63, 3.8) is 0 Å². The molecule has 10 atom stereocenters. The van der Waals surface area contributed by atoms with Crippen LogP contribution < -0.4 is 16.6 Å². The number of aliphatic hydroxyl groups is 3. The summed E-state index contributed by atoms with van der Waals surface area (Å²) in [6.07, 6.45) is -8.57. The number of carbonyl (C=O) groups is 1. The van der Waals surface area contributed by atoms with E-state index in [0.717, 1.165) is 23.8 Å². The van der Waals surface area contributed by atoms with Crippen molar-refractivity contribution in [2.75, 3.05) is 13.2 Å². The first kappa shape index (κ1) is 32.0. The molecule has 40 heavy (non-hydrogen) atoms. The van der Waals surface area contributed by atoms with Gasteiger partial charge in [0.15, 0.2) is 6.29 Å². The largest absolute Gasteiger partial charge is 0.483 e. The Labute approximate surface area is 223 Å². The van der Waals surface area contributed by atoms with Crippen LogP contribution in [0.5, 0.6) is 0 Å². The molecule has 0 aliphatic carbocycles. The van der Waals surface area contributed by atoms with E-state index in [1.54, 1.807) is 0 Å². The van der Waals surface area contributed by atoms with Gasteiger partial charge in [-0.2, -0.15) is 4.31 Å². The number of azide groups is 1. The fourth-order valence-corrected chi connectivity index (χ4v) is 6.07. The van der Waals surface area contributed by atoms with Crippen LogP contribution in [0.2, 0.25) is 0 Å². The molecule has 2 aliphatic heterocycles. The smallest absolute Gasteiger partial charge is 0.394 e. The molecule has 23 heteroatoms. The van der Waals surface area contributed by atoms with Gasteiger partial charge < -0.3 is 39.9 Å². The second kappa shape index (κ2) is 13.0. The fourth-order valence-electron chi connectivity index (χ4n) is 3.91. The number of aromatic amines is 1. The molecule has 2 aliphatic rings. The maximum Gasteiger partial charge on any atom is 0.483 e. The zero-order valence-corrected chi connectivity index (χ0v) is 22.2. The summed E-state index contributed by atoms with van der Waals surface area (Å²) in [6, 6.07) is -1.70. The van der Waals surface area contributed by atoms with Gasteiger partial charge in [-0.1, -0.05) is 5.11 Å². The topological polar surface area (TPSA) is 314 Å². The van der Waals surface area contributed by atoms with Gasteiger partial charge >= 0.3 is 21.3 Å². The number of ether oxygens (including phenoxy) is 2. The van der Waals surface area contributed by atoms with Gasteiger partial charge in [-0.05, 0) is 5.53 Å². The van der Waals surface area contributed by atoms with E-state index in [2.05, 4.69) is 19.7 Å². The number of aromatic nitrogens is 2. The minimum atomic E-state index is -5.60. The highest BCUT2D eigenvalue weighted by Crippen LogP contribution is 2.61. The molecule has 224 valence electrons. The predicted molar refractivity (Wildman–Crippen MR) is 126 cm³/mol. The summed E-state index contributed by atoms with van der Waals surface area (Å²) >= 11 is 0. The van der Waals surface area contributed by atoms with Crippen molar-refractivity contribution in [2.45, 2.75) is 62.4 Å². The standard InChI is InChI=1S/C17H26N6O15P2/c1-7(25)19-13-15(28)14(27)9(5-24)36-16(13)37-40(32,33)38-39(30,31)34-6-10-8(21-22-18)4-12(35-10)23-3-2-11(26)20-17(23)29/h2-3,8-10,12-16,24,27-28H,4-6H2,1H3,(H,19,25)(H,30,31)(H,32,33)(H,20,26,29)/t8-,9+,10+,12+,13+,14+,15+,16-/m0/s1. The van der Waals surface area contributed by atoms with E-state index in [1.165, 1.54) is 0 Å². The van der Waals surface area contributed by atoms with Gasteiger partial charge in [0.2, 0.25) is 5.91 Å². The van der Waals surface area contributed by atoms with Gasteiger partial charge in [-0.25, -0.2) is 13.9 Å². The van der Waals surface area contributed by atoms with E-state index < -0.39 is 95.0 Å².